The molecule has 3 aromatic rings. The van der Waals surface area contributed by atoms with E-state index < -0.39 is 47.6 Å². The molecule has 0 bridgehead atoms. The second-order valence-corrected chi connectivity index (χ2v) is 11.6. The van der Waals surface area contributed by atoms with Crippen molar-refractivity contribution < 1.29 is 37.0 Å². The number of alkyl halides is 3. The van der Waals surface area contributed by atoms with E-state index in [1.54, 1.807) is 13.0 Å². The standard InChI is InChI=1S/C27H20Cl2F3IN2O6S/c1-3-39-19(36)12-41-22-14(9-16(29)11-17(22)33)10-18-24(37)35-21(13-5-7-15(28)8-6-13)20(25(38)40-4-2)23(27(30,31)32)34-26(35)42-18/h5-11,21H,3-4,12H2,1-2H3/b18-10-/t21-/m1/s1. The van der Waals surface area contributed by atoms with Crippen molar-refractivity contribution in [2.45, 2.75) is 26.1 Å². The van der Waals surface area contributed by atoms with E-state index in [-0.39, 0.29) is 44.4 Å². The summed E-state index contributed by atoms with van der Waals surface area (Å²) in [5.74, 6) is -1.68. The van der Waals surface area contributed by atoms with Crippen molar-refractivity contribution in [3.05, 3.63) is 92.1 Å². The van der Waals surface area contributed by atoms with Gasteiger partial charge in [0.05, 0.1) is 32.9 Å². The molecule has 1 aromatic heterocycles. The van der Waals surface area contributed by atoms with Gasteiger partial charge in [-0.25, -0.2) is 14.6 Å². The van der Waals surface area contributed by atoms with Crippen molar-refractivity contribution in [1.29, 1.82) is 0 Å². The first-order valence-electron chi connectivity index (χ1n) is 12.2. The van der Waals surface area contributed by atoms with Crippen LogP contribution in [0.25, 0.3) is 6.08 Å². The third-order valence-electron chi connectivity index (χ3n) is 5.74. The number of hydrogen-bond acceptors (Lipinski definition) is 8. The monoisotopic (exact) mass is 754 g/mol. The van der Waals surface area contributed by atoms with Gasteiger partial charge in [0, 0.05) is 15.6 Å². The van der Waals surface area contributed by atoms with E-state index in [0.717, 1.165) is 4.57 Å². The second kappa shape index (κ2) is 13.2. The Hall–Kier alpha value is -2.88. The SMILES string of the molecule is CCOC(=O)COc1c(I)cc(Cl)cc1/C=c1\sc2n(c1=O)[C@H](c1ccc(Cl)cc1)C(C(=O)OCC)=C(C(F)(F)F)N=2. The molecule has 0 spiro atoms. The predicted octanol–water partition coefficient (Wildman–Crippen LogP) is 5.19. The summed E-state index contributed by atoms with van der Waals surface area (Å²) in [7, 11) is 0. The number of carbonyl (C=O) groups excluding carboxylic acids is 2. The molecule has 0 saturated carbocycles. The van der Waals surface area contributed by atoms with Crippen LogP contribution in [0.2, 0.25) is 10.0 Å². The first-order chi connectivity index (χ1) is 19.8. The van der Waals surface area contributed by atoms with Crippen molar-refractivity contribution in [3.63, 3.8) is 0 Å². The fraction of sp³-hybridized carbons (Fsp3) is 0.259. The lowest BCUT2D eigenvalue weighted by Crippen LogP contribution is -2.41. The van der Waals surface area contributed by atoms with E-state index in [9.17, 15) is 27.6 Å². The summed E-state index contributed by atoms with van der Waals surface area (Å²) in [4.78, 5) is 42.1. The van der Waals surface area contributed by atoms with Crippen molar-refractivity contribution in [2.75, 3.05) is 19.8 Å². The summed E-state index contributed by atoms with van der Waals surface area (Å²) in [6, 6.07) is 7.24. The number of benzene rings is 2. The maximum absolute atomic E-state index is 14.3. The summed E-state index contributed by atoms with van der Waals surface area (Å²) in [6.07, 6.45) is -3.67. The average molecular weight is 755 g/mol. The second-order valence-electron chi connectivity index (χ2n) is 8.51. The number of allylic oxidation sites excluding steroid dienone is 1. The molecule has 0 unspecified atom stereocenters. The van der Waals surface area contributed by atoms with Gasteiger partial charge < -0.3 is 14.2 Å². The van der Waals surface area contributed by atoms with Gasteiger partial charge in [-0.15, -0.1) is 0 Å². The number of hydrogen-bond donors (Lipinski definition) is 0. The molecule has 42 heavy (non-hydrogen) atoms. The lowest BCUT2D eigenvalue weighted by Gasteiger charge is -2.26. The third kappa shape index (κ3) is 6.84. The topological polar surface area (TPSA) is 96.2 Å². The molecular weight excluding hydrogens is 735 g/mol. The smallest absolute Gasteiger partial charge is 0.434 e. The summed E-state index contributed by atoms with van der Waals surface area (Å²) in [5, 5.41) is 0.583. The first kappa shape index (κ1) is 32.0. The van der Waals surface area contributed by atoms with E-state index in [1.807, 2.05) is 22.6 Å². The molecular formula is C27H20Cl2F3IN2O6S. The van der Waals surface area contributed by atoms with Gasteiger partial charge in [-0.1, -0.05) is 46.7 Å². The first-order valence-corrected chi connectivity index (χ1v) is 14.8. The third-order valence-corrected chi connectivity index (χ3v) is 8.00. The van der Waals surface area contributed by atoms with Gasteiger partial charge >= 0.3 is 18.1 Å². The van der Waals surface area contributed by atoms with E-state index >= 15 is 0 Å². The lowest BCUT2D eigenvalue weighted by atomic mass is 9.95. The molecule has 0 fully saturated rings. The summed E-state index contributed by atoms with van der Waals surface area (Å²) in [5.41, 5.74) is -2.56. The Morgan fingerprint density at radius 2 is 1.76 bits per heavy atom. The van der Waals surface area contributed by atoms with Crippen LogP contribution >= 0.6 is 57.1 Å². The van der Waals surface area contributed by atoms with Crippen LogP contribution in [0.1, 0.15) is 31.0 Å². The lowest BCUT2D eigenvalue weighted by molar-refractivity contribution is -0.145. The minimum atomic E-state index is -5.04. The van der Waals surface area contributed by atoms with Crippen LogP contribution in [-0.2, 0) is 19.1 Å². The summed E-state index contributed by atoms with van der Waals surface area (Å²) >= 11 is 14.9. The van der Waals surface area contributed by atoms with Crippen molar-refractivity contribution >= 4 is 75.1 Å². The average Bonchev–Trinajstić information content (AvgIpc) is 3.22. The molecule has 1 atom stereocenters. The van der Waals surface area contributed by atoms with Crippen LogP contribution < -0.4 is 19.6 Å². The Bertz CT molecular complexity index is 1750. The molecule has 4 rings (SSSR count). The molecule has 15 heteroatoms. The Morgan fingerprint density at radius 3 is 2.38 bits per heavy atom. The molecule has 8 nitrogen and oxygen atoms in total. The van der Waals surface area contributed by atoms with Gasteiger partial charge in [0.15, 0.2) is 17.1 Å². The van der Waals surface area contributed by atoms with Crippen LogP contribution in [0.3, 0.4) is 0 Å². The fourth-order valence-corrected chi connectivity index (χ4v) is 6.45. The number of nitrogens with zero attached hydrogens (tertiary/aromatic N) is 2. The largest absolute Gasteiger partial charge is 0.480 e. The van der Waals surface area contributed by atoms with E-state index in [4.69, 9.17) is 37.4 Å². The number of thiazole rings is 1. The highest BCUT2D eigenvalue weighted by molar-refractivity contribution is 14.1. The highest BCUT2D eigenvalue weighted by atomic mass is 127. The molecule has 2 heterocycles. The highest BCUT2D eigenvalue weighted by Crippen LogP contribution is 2.38. The zero-order valence-corrected chi connectivity index (χ0v) is 26.2. The molecule has 222 valence electrons. The van der Waals surface area contributed by atoms with Crippen LogP contribution in [0.15, 0.2) is 57.5 Å². The number of rotatable bonds is 8. The molecule has 1 aliphatic heterocycles. The van der Waals surface area contributed by atoms with Gasteiger partial charge in [0.1, 0.15) is 5.75 Å². The molecule has 0 saturated heterocycles. The summed E-state index contributed by atoms with van der Waals surface area (Å²) < 4.78 is 59.9. The van der Waals surface area contributed by atoms with Crippen molar-refractivity contribution in [2.24, 2.45) is 4.99 Å². The zero-order chi connectivity index (χ0) is 30.8. The van der Waals surface area contributed by atoms with E-state index in [1.165, 1.54) is 43.3 Å². The number of fused-ring (bicyclic) bond motifs is 1. The molecule has 0 N–H and O–H groups in total. The number of esters is 2. The van der Waals surface area contributed by atoms with E-state index in [2.05, 4.69) is 4.99 Å². The Labute approximate surface area is 264 Å². The van der Waals surface area contributed by atoms with Crippen molar-refractivity contribution in [1.82, 2.24) is 4.57 Å². The minimum Gasteiger partial charge on any atom is -0.480 e. The molecule has 1 aliphatic rings. The predicted molar refractivity (Wildman–Crippen MR) is 159 cm³/mol. The Balaban J connectivity index is 1.98. The van der Waals surface area contributed by atoms with Gasteiger partial charge in [-0.3, -0.25) is 9.36 Å². The summed E-state index contributed by atoms with van der Waals surface area (Å²) in [6.45, 7) is 2.61. The van der Waals surface area contributed by atoms with Crippen LogP contribution in [0.5, 0.6) is 5.75 Å². The number of halogens is 6. The van der Waals surface area contributed by atoms with Crippen LogP contribution in [0.4, 0.5) is 13.2 Å². The Kier molecular flexibility index (Phi) is 10.1. The maximum atomic E-state index is 14.3. The number of ether oxygens (including phenoxy) is 3. The number of carbonyl (C=O) groups is 2. The molecule has 2 aromatic carbocycles. The van der Waals surface area contributed by atoms with Crippen LogP contribution in [0, 0.1) is 3.57 Å². The molecule has 0 radical (unpaired) electrons. The van der Waals surface area contributed by atoms with Crippen LogP contribution in [-0.4, -0.2) is 42.5 Å². The fourth-order valence-electron chi connectivity index (χ4n) is 4.12. The molecule has 0 aliphatic carbocycles. The highest BCUT2D eigenvalue weighted by Gasteiger charge is 2.45. The van der Waals surface area contributed by atoms with Gasteiger partial charge in [0.2, 0.25) is 0 Å². The number of aromatic nitrogens is 1. The quantitative estimate of drug-likeness (QED) is 0.232. The molecule has 0 amide bonds. The zero-order valence-electron chi connectivity index (χ0n) is 21.8. The minimum absolute atomic E-state index is 0.0293. The Morgan fingerprint density at radius 1 is 1.10 bits per heavy atom. The maximum Gasteiger partial charge on any atom is 0.434 e. The van der Waals surface area contributed by atoms with Gasteiger partial charge in [-0.05, 0) is 72.3 Å². The van der Waals surface area contributed by atoms with Crippen molar-refractivity contribution in [3.8, 4) is 5.75 Å². The van der Waals surface area contributed by atoms with E-state index in [0.29, 0.717) is 19.9 Å². The normalized spacial score (nSPS) is 15.2. The van der Waals surface area contributed by atoms with Gasteiger partial charge in [-0.2, -0.15) is 13.2 Å². The van der Waals surface area contributed by atoms with Gasteiger partial charge in [0.25, 0.3) is 5.56 Å².